The van der Waals surface area contributed by atoms with Crippen LogP contribution in [0.25, 0.3) is 10.2 Å². The normalized spacial score (nSPS) is 14.4. The van der Waals surface area contributed by atoms with E-state index in [2.05, 4.69) is 24.8 Å². The molecule has 0 unspecified atom stereocenters. The first-order valence-electron chi connectivity index (χ1n) is 10.1. The third-order valence-electron chi connectivity index (χ3n) is 5.50. The number of thiophene rings is 1. The first-order chi connectivity index (χ1) is 14.1. The quantitative estimate of drug-likeness (QED) is 0.644. The number of rotatable bonds is 5. The van der Waals surface area contributed by atoms with Crippen molar-refractivity contribution in [3.8, 4) is 0 Å². The fourth-order valence-corrected chi connectivity index (χ4v) is 4.95. The molecule has 0 atom stereocenters. The summed E-state index contributed by atoms with van der Waals surface area (Å²) in [5.74, 6) is 2.03. The summed E-state index contributed by atoms with van der Waals surface area (Å²) in [4.78, 5) is 34.6. The third kappa shape index (κ3) is 3.64. The van der Waals surface area contributed by atoms with Crippen molar-refractivity contribution in [3.05, 3.63) is 41.2 Å². The van der Waals surface area contributed by atoms with Crippen LogP contribution in [-0.2, 0) is 0 Å². The molecular formula is C21H26N6OS. The van der Waals surface area contributed by atoms with Crippen LogP contribution in [0, 0.1) is 6.92 Å². The molecule has 7 nitrogen and oxygen atoms in total. The van der Waals surface area contributed by atoms with E-state index >= 15 is 0 Å². The van der Waals surface area contributed by atoms with Crippen LogP contribution in [-0.4, -0.2) is 65.0 Å². The molecular weight excluding hydrogens is 384 g/mol. The van der Waals surface area contributed by atoms with Gasteiger partial charge in [-0.15, -0.1) is 11.3 Å². The molecule has 0 N–H and O–H groups in total. The van der Waals surface area contributed by atoms with Crippen molar-refractivity contribution in [2.75, 3.05) is 49.1 Å². The van der Waals surface area contributed by atoms with Crippen LogP contribution < -0.4 is 9.80 Å². The SMILES string of the molecule is CCN(CC)C(=O)c1sc2ncnc(N3CCN(c4ccccn4)CC3)c2c1C. The van der Waals surface area contributed by atoms with Crippen molar-refractivity contribution < 1.29 is 4.79 Å². The van der Waals surface area contributed by atoms with Crippen molar-refractivity contribution >= 4 is 39.1 Å². The number of amides is 1. The summed E-state index contributed by atoms with van der Waals surface area (Å²) in [6.07, 6.45) is 3.45. The number of pyridine rings is 1. The summed E-state index contributed by atoms with van der Waals surface area (Å²) in [6.45, 7) is 10.9. The van der Waals surface area contributed by atoms with Gasteiger partial charge in [0.25, 0.3) is 5.91 Å². The molecule has 8 heteroatoms. The van der Waals surface area contributed by atoms with Gasteiger partial charge in [0.05, 0.1) is 10.3 Å². The van der Waals surface area contributed by atoms with E-state index < -0.39 is 0 Å². The van der Waals surface area contributed by atoms with Crippen LogP contribution in [0.2, 0.25) is 0 Å². The second-order valence-corrected chi connectivity index (χ2v) is 8.07. The lowest BCUT2D eigenvalue weighted by atomic mass is 10.1. The number of hydrogen-bond donors (Lipinski definition) is 0. The van der Waals surface area contributed by atoms with Gasteiger partial charge in [-0.2, -0.15) is 0 Å². The van der Waals surface area contributed by atoms with Crippen LogP contribution in [0.15, 0.2) is 30.7 Å². The number of carbonyl (C=O) groups is 1. The average Bonchev–Trinajstić information content (AvgIpc) is 3.12. The summed E-state index contributed by atoms with van der Waals surface area (Å²) < 4.78 is 0. The number of aryl methyl sites for hydroxylation is 1. The first-order valence-corrected chi connectivity index (χ1v) is 10.9. The molecule has 1 aliphatic heterocycles. The maximum Gasteiger partial charge on any atom is 0.264 e. The van der Waals surface area contributed by atoms with Gasteiger partial charge in [-0.05, 0) is 38.5 Å². The number of aromatic nitrogens is 3. The van der Waals surface area contributed by atoms with Crippen molar-refractivity contribution in [2.45, 2.75) is 20.8 Å². The van der Waals surface area contributed by atoms with Gasteiger partial charge in [0.1, 0.15) is 22.8 Å². The number of nitrogens with zero attached hydrogens (tertiary/aromatic N) is 6. The number of fused-ring (bicyclic) bond motifs is 1. The van der Waals surface area contributed by atoms with E-state index in [1.165, 1.54) is 11.3 Å². The minimum atomic E-state index is 0.0846. The molecule has 4 rings (SSSR count). The topological polar surface area (TPSA) is 65.5 Å². The highest BCUT2D eigenvalue weighted by Gasteiger charge is 2.26. The van der Waals surface area contributed by atoms with Crippen LogP contribution in [0.3, 0.4) is 0 Å². The molecule has 0 aromatic carbocycles. The van der Waals surface area contributed by atoms with Crippen molar-refractivity contribution in [2.24, 2.45) is 0 Å². The standard InChI is InChI=1S/C21H26N6OS/c1-4-25(5-2)21(28)18-15(3)17-19(23-14-24-20(17)29-18)27-12-10-26(11-13-27)16-8-6-7-9-22-16/h6-9,14H,4-5,10-13H2,1-3H3. The van der Waals surface area contributed by atoms with Gasteiger partial charge in [0.2, 0.25) is 0 Å². The molecule has 0 spiro atoms. The zero-order valence-corrected chi connectivity index (χ0v) is 17.9. The lowest BCUT2D eigenvalue weighted by Gasteiger charge is -2.36. The van der Waals surface area contributed by atoms with Gasteiger partial charge in [-0.25, -0.2) is 15.0 Å². The molecule has 152 valence electrons. The van der Waals surface area contributed by atoms with E-state index in [9.17, 15) is 4.79 Å². The van der Waals surface area contributed by atoms with Gasteiger partial charge in [-0.1, -0.05) is 6.07 Å². The highest BCUT2D eigenvalue weighted by atomic mass is 32.1. The second kappa shape index (κ2) is 8.32. The van der Waals surface area contributed by atoms with Crippen LogP contribution in [0.4, 0.5) is 11.6 Å². The molecule has 3 aromatic rings. The molecule has 0 bridgehead atoms. The Morgan fingerprint density at radius 3 is 2.45 bits per heavy atom. The maximum absolute atomic E-state index is 12.9. The Labute approximate surface area is 175 Å². The molecule has 0 aliphatic carbocycles. The van der Waals surface area contributed by atoms with Crippen molar-refractivity contribution in [3.63, 3.8) is 0 Å². The van der Waals surface area contributed by atoms with Crippen LogP contribution >= 0.6 is 11.3 Å². The van der Waals surface area contributed by atoms with Gasteiger partial charge in [-0.3, -0.25) is 4.79 Å². The fourth-order valence-electron chi connectivity index (χ4n) is 3.84. The number of anilines is 2. The predicted molar refractivity (Wildman–Crippen MR) is 118 cm³/mol. The van der Waals surface area contributed by atoms with Crippen molar-refractivity contribution in [1.82, 2.24) is 19.9 Å². The molecule has 1 saturated heterocycles. The maximum atomic E-state index is 12.9. The Morgan fingerprint density at radius 2 is 1.79 bits per heavy atom. The molecule has 3 aromatic heterocycles. The zero-order valence-electron chi connectivity index (χ0n) is 17.1. The predicted octanol–water partition coefficient (Wildman–Crippen LogP) is 3.20. The number of piperazine rings is 1. The first kappa shape index (κ1) is 19.6. The van der Waals surface area contributed by atoms with Crippen LogP contribution in [0.1, 0.15) is 29.1 Å². The lowest BCUT2D eigenvalue weighted by Crippen LogP contribution is -2.47. The van der Waals surface area contributed by atoms with Gasteiger partial charge < -0.3 is 14.7 Å². The molecule has 0 radical (unpaired) electrons. The fraction of sp³-hybridized carbons (Fsp3) is 0.429. The zero-order chi connectivity index (χ0) is 20.4. The van der Waals surface area contributed by atoms with E-state index in [-0.39, 0.29) is 5.91 Å². The monoisotopic (exact) mass is 410 g/mol. The molecule has 1 aliphatic rings. The summed E-state index contributed by atoms with van der Waals surface area (Å²) in [7, 11) is 0. The van der Waals surface area contributed by atoms with Crippen molar-refractivity contribution in [1.29, 1.82) is 0 Å². The largest absolute Gasteiger partial charge is 0.353 e. The Bertz CT molecular complexity index is 993. The third-order valence-corrected chi connectivity index (χ3v) is 6.69. The molecule has 0 saturated carbocycles. The van der Waals surface area contributed by atoms with Crippen LogP contribution in [0.5, 0.6) is 0 Å². The second-order valence-electron chi connectivity index (χ2n) is 7.07. The molecule has 4 heterocycles. The van der Waals surface area contributed by atoms with E-state index in [0.29, 0.717) is 13.1 Å². The molecule has 29 heavy (non-hydrogen) atoms. The Hall–Kier alpha value is -2.74. The highest BCUT2D eigenvalue weighted by molar-refractivity contribution is 7.20. The van der Waals surface area contributed by atoms with E-state index in [0.717, 1.165) is 58.5 Å². The minimum absolute atomic E-state index is 0.0846. The Balaban J connectivity index is 1.61. The van der Waals surface area contributed by atoms with E-state index in [4.69, 9.17) is 0 Å². The summed E-state index contributed by atoms with van der Waals surface area (Å²) in [5, 5.41) is 1.01. The van der Waals surface area contributed by atoms with E-state index in [1.807, 2.05) is 50.1 Å². The smallest absolute Gasteiger partial charge is 0.264 e. The molecule has 1 amide bonds. The highest BCUT2D eigenvalue weighted by Crippen LogP contribution is 2.36. The summed E-state index contributed by atoms with van der Waals surface area (Å²) >= 11 is 1.48. The molecule has 1 fully saturated rings. The minimum Gasteiger partial charge on any atom is -0.353 e. The Kier molecular flexibility index (Phi) is 5.62. The summed E-state index contributed by atoms with van der Waals surface area (Å²) in [5.41, 5.74) is 0.990. The number of carbonyl (C=O) groups excluding carboxylic acids is 1. The van der Waals surface area contributed by atoms with Gasteiger partial charge in [0, 0.05) is 45.5 Å². The Morgan fingerprint density at radius 1 is 1.07 bits per heavy atom. The van der Waals surface area contributed by atoms with E-state index in [1.54, 1.807) is 6.33 Å². The summed E-state index contributed by atoms with van der Waals surface area (Å²) in [6, 6.07) is 6.01. The lowest BCUT2D eigenvalue weighted by molar-refractivity contribution is 0.0777. The average molecular weight is 411 g/mol. The van der Waals surface area contributed by atoms with Gasteiger partial charge in [0.15, 0.2) is 0 Å². The van der Waals surface area contributed by atoms with Gasteiger partial charge >= 0.3 is 0 Å². The number of hydrogen-bond acceptors (Lipinski definition) is 7.